The van der Waals surface area contributed by atoms with Crippen molar-refractivity contribution in [2.45, 2.75) is 19.3 Å². The Morgan fingerprint density at radius 1 is 1.04 bits per heavy atom. The van der Waals surface area contributed by atoms with Crippen molar-refractivity contribution in [2.75, 3.05) is 13.2 Å². The van der Waals surface area contributed by atoms with Crippen LogP contribution in [-0.2, 0) is 32.4 Å². The molecular weight excluding hydrogens is 378 g/mol. The van der Waals surface area contributed by atoms with Crippen LogP contribution in [0.2, 0.25) is 0 Å². The molecule has 0 radical (unpaired) electrons. The summed E-state index contributed by atoms with van der Waals surface area (Å²) in [4.78, 5) is 23.9. The Balaban J connectivity index is 1.46. The van der Waals surface area contributed by atoms with Gasteiger partial charge in [0.25, 0.3) is 0 Å². The minimum absolute atomic E-state index is 0.310. The molecule has 0 aromatic heterocycles. The first-order chi connectivity index (χ1) is 13.4. The van der Waals surface area contributed by atoms with E-state index < -0.39 is 29.1 Å². The number of rotatable bonds is 8. The molecule has 0 atom stereocenters. The molecule has 146 valence electrons. The molecule has 0 saturated carbocycles. The van der Waals surface area contributed by atoms with Crippen LogP contribution in [0.25, 0.3) is 6.08 Å². The quantitative estimate of drug-likeness (QED) is 0.544. The molecule has 0 bridgehead atoms. The molecule has 0 saturated heterocycles. The lowest BCUT2D eigenvalue weighted by Gasteiger charge is -2.07. The number of carbonyl (C=O) groups excluding carboxylic acids is 2. The van der Waals surface area contributed by atoms with Crippen molar-refractivity contribution in [1.82, 2.24) is 4.72 Å². The number of carbonyl (C=O) groups is 2. The van der Waals surface area contributed by atoms with E-state index in [0.29, 0.717) is 5.56 Å². The van der Waals surface area contributed by atoms with Crippen LogP contribution in [0.5, 0.6) is 0 Å². The van der Waals surface area contributed by atoms with Crippen molar-refractivity contribution >= 4 is 27.9 Å². The molecule has 28 heavy (non-hydrogen) atoms. The van der Waals surface area contributed by atoms with Crippen LogP contribution in [0.3, 0.4) is 0 Å². The van der Waals surface area contributed by atoms with E-state index in [1.165, 1.54) is 11.6 Å². The van der Waals surface area contributed by atoms with E-state index in [-0.39, 0.29) is 5.78 Å². The SMILES string of the molecule is O=C(CNS(=O)(=O)/C=C/c1ccccc1)OCC(=O)c1ccc2c(c1)CCC2. The average Bonchev–Trinajstić information content (AvgIpc) is 3.18. The van der Waals surface area contributed by atoms with Crippen LogP contribution in [0.4, 0.5) is 0 Å². The highest BCUT2D eigenvalue weighted by Gasteiger charge is 2.16. The molecule has 7 heteroatoms. The summed E-state index contributed by atoms with van der Waals surface area (Å²) >= 11 is 0. The van der Waals surface area contributed by atoms with Gasteiger partial charge in [-0.05, 0) is 48.1 Å². The average molecular weight is 399 g/mol. The number of esters is 1. The molecule has 1 N–H and O–H groups in total. The van der Waals surface area contributed by atoms with Gasteiger partial charge in [0.05, 0.1) is 0 Å². The van der Waals surface area contributed by atoms with E-state index in [0.717, 1.165) is 35.8 Å². The van der Waals surface area contributed by atoms with E-state index in [9.17, 15) is 18.0 Å². The summed E-state index contributed by atoms with van der Waals surface area (Å²) in [6.45, 7) is -0.960. The Morgan fingerprint density at radius 2 is 1.79 bits per heavy atom. The van der Waals surface area contributed by atoms with Crippen LogP contribution in [-0.4, -0.2) is 33.3 Å². The molecule has 0 fully saturated rings. The number of hydrogen-bond donors (Lipinski definition) is 1. The predicted molar refractivity (Wildman–Crippen MR) is 106 cm³/mol. The summed E-state index contributed by atoms with van der Waals surface area (Å²) in [5, 5.41) is 0.977. The first kappa shape index (κ1) is 20.0. The van der Waals surface area contributed by atoms with Crippen molar-refractivity contribution in [1.29, 1.82) is 0 Å². The second-order valence-electron chi connectivity index (χ2n) is 6.50. The fourth-order valence-electron chi connectivity index (χ4n) is 2.97. The lowest BCUT2D eigenvalue weighted by Crippen LogP contribution is -2.30. The molecule has 0 amide bonds. The Bertz CT molecular complexity index is 997. The number of hydrogen-bond acceptors (Lipinski definition) is 5. The van der Waals surface area contributed by atoms with Crippen molar-refractivity contribution in [3.8, 4) is 0 Å². The summed E-state index contributed by atoms with van der Waals surface area (Å²) < 4.78 is 30.8. The molecule has 2 aromatic carbocycles. The van der Waals surface area contributed by atoms with Gasteiger partial charge in [0, 0.05) is 11.0 Å². The zero-order valence-corrected chi connectivity index (χ0v) is 16.1. The number of nitrogens with one attached hydrogen (secondary N) is 1. The van der Waals surface area contributed by atoms with Gasteiger partial charge >= 0.3 is 5.97 Å². The van der Waals surface area contributed by atoms with E-state index in [1.54, 1.807) is 30.3 Å². The molecule has 6 nitrogen and oxygen atoms in total. The van der Waals surface area contributed by atoms with Crippen LogP contribution in [0, 0.1) is 0 Å². The Labute approximate surface area is 164 Å². The third-order valence-electron chi connectivity index (χ3n) is 4.44. The predicted octanol–water partition coefficient (Wildman–Crippen LogP) is 2.49. The fourth-order valence-corrected chi connectivity index (χ4v) is 3.72. The second-order valence-corrected chi connectivity index (χ2v) is 8.15. The van der Waals surface area contributed by atoms with Gasteiger partial charge in [0.1, 0.15) is 6.54 Å². The Morgan fingerprint density at radius 3 is 2.57 bits per heavy atom. The summed E-state index contributed by atoms with van der Waals surface area (Å²) in [7, 11) is -3.79. The Hall–Kier alpha value is -2.77. The lowest BCUT2D eigenvalue weighted by molar-refractivity contribution is -0.141. The monoisotopic (exact) mass is 399 g/mol. The number of ether oxygens (including phenoxy) is 1. The molecule has 0 heterocycles. The molecule has 0 aliphatic heterocycles. The number of ketones is 1. The fraction of sp³-hybridized carbons (Fsp3) is 0.238. The van der Waals surface area contributed by atoms with E-state index in [1.807, 2.05) is 18.2 Å². The maximum Gasteiger partial charge on any atom is 0.321 e. The molecular formula is C21H21NO5S. The molecule has 1 aliphatic rings. The van der Waals surface area contributed by atoms with Crippen molar-refractivity contribution in [3.63, 3.8) is 0 Å². The van der Waals surface area contributed by atoms with Crippen LogP contribution in [0.15, 0.2) is 53.9 Å². The van der Waals surface area contributed by atoms with Gasteiger partial charge in [-0.3, -0.25) is 9.59 Å². The standard InChI is InChI=1S/C21H21NO5S/c23-20(19-10-9-17-7-4-8-18(17)13-19)15-27-21(24)14-22-28(25,26)12-11-16-5-2-1-3-6-16/h1-3,5-6,9-13,22H,4,7-8,14-15H2/b12-11+. The zero-order valence-electron chi connectivity index (χ0n) is 15.3. The largest absolute Gasteiger partial charge is 0.456 e. The molecule has 2 aromatic rings. The topological polar surface area (TPSA) is 89.5 Å². The number of fused-ring (bicyclic) bond motifs is 1. The highest BCUT2D eigenvalue weighted by atomic mass is 32.2. The minimum atomic E-state index is -3.79. The first-order valence-electron chi connectivity index (χ1n) is 8.96. The highest BCUT2D eigenvalue weighted by molar-refractivity contribution is 7.92. The molecule has 1 aliphatic carbocycles. The first-order valence-corrected chi connectivity index (χ1v) is 10.5. The normalized spacial score (nSPS) is 13.4. The number of benzene rings is 2. The van der Waals surface area contributed by atoms with E-state index in [4.69, 9.17) is 4.74 Å². The van der Waals surface area contributed by atoms with Gasteiger partial charge in [-0.2, -0.15) is 0 Å². The van der Waals surface area contributed by atoms with Crippen molar-refractivity contribution < 1.29 is 22.7 Å². The van der Waals surface area contributed by atoms with E-state index in [2.05, 4.69) is 4.72 Å². The number of sulfonamides is 1. The highest BCUT2D eigenvalue weighted by Crippen LogP contribution is 2.23. The summed E-state index contributed by atoms with van der Waals surface area (Å²) in [5.41, 5.74) is 3.64. The maximum absolute atomic E-state index is 12.2. The van der Waals surface area contributed by atoms with Gasteiger partial charge in [0.15, 0.2) is 12.4 Å². The second kappa shape index (κ2) is 8.95. The zero-order chi connectivity index (χ0) is 20.0. The summed E-state index contributed by atoms with van der Waals surface area (Å²) in [6, 6.07) is 14.4. The molecule has 3 rings (SSSR count). The third kappa shape index (κ3) is 5.61. The lowest BCUT2D eigenvalue weighted by atomic mass is 10.0. The number of Topliss-reactive ketones (excluding diaryl/α,β-unsaturated/α-hetero) is 1. The van der Waals surface area contributed by atoms with Crippen molar-refractivity contribution in [3.05, 3.63) is 76.2 Å². The Kier molecular flexibility index (Phi) is 6.38. The molecule has 0 spiro atoms. The van der Waals surface area contributed by atoms with Gasteiger partial charge in [-0.25, -0.2) is 13.1 Å². The van der Waals surface area contributed by atoms with Gasteiger partial charge in [-0.15, -0.1) is 0 Å². The van der Waals surface area contributed by atoms with E-state index >= 15 is 0 Å². The van der Waals surface area contributed by atoms with Gasteiger partial charge in [-0.1, -0.05) is 42.5 Å². The summed E-state index contributed by atoms with van der Waals surface area (Å²) in [5.74, 6) is -1.12. The van der Waals surface area contributed by atoms with Crippen LogP contribution in [0.1, 0.15) is 33.5 Å². The van der Waals surface area contributed by atoms with Crippen LogP contribution < -0.4 is 4.72 Å². The van der Waals surface area contributed by atoms with Crippen molar-refractivity contribution in [2.24, 2.45) is 0 Å². The molecule has 0 unspecified atom stereocenters. The van der Waals surface area contributed by atoms with Gasteiger partial charge in [0.2, 0.25) is 10.0 Å². The third-order valence-corrected chi connectivity index (χ3v) is 5.48. The smallest absolute Gasteiger partial charge is 0.321 e. The maximum atomic E-state index is 12.2. The summed E-state index contributed by atoms with van der Waals surface area (Å²) in [6.07, 6.45) is 4.48. The number of aryl methyl sites for hydroxylation is 2. The minimum Gasteiger partial charge on any atom is -0.456 e. The van der Waals surface area contributed by atoms with Gasteiger partial charge < -0.3 is 4.74 Å². The van der Waals surface area contributed by atoms with Crippen LogP contribution >= 0.6 is 0 Å².